The van der Waals surface area contributed by atoms with Crippen molar-refractivity contribution in [2.24, 2.45) is 7.05 Å². The van der Waals surface area contributed by atoms with Crippen molar-refractivity contribution in [1.29, 1.82) is 0 Å². The Morgan fingerprint density at radius 2 is 1.78 bits per heavy atom. The lowest BCUT2D eigenvalue weighted by Crippen LogP contribution is -2.61. The quantitative estimate of drug-likeness (QED) is 0.460. The fraction of sp³-hybridized carbons (Fsp3) is 0.417. The van der Waals surface area contributed by atoms with E-state index in [1.54, 1.807) is 0 Å². The smallest absolute Gasteiger partial charge is 0.331 e. The Balaban J connectivity index is 2.74. The molecule has 0 saturated carbocycles. The van der Waals surface area contributed by atoms with Crippen molar-refractivity contribution in [1.82, 2.24) is 9.55 Å². The van der Waals surface area contributed by atoms with E-state index in [1.807, 2.05) is 0 Å². The summed E-state index contributed by atoms with van der Waals surface area (Å²) in [4.78, 5) is 62.3. The molecule has 0 bridgehead atoms. The summed E-state index contributed by atoms with van der Waals surface area (Å²) in [5, 5.41) is 2.54. The molecule has 0 spiro atoms. The number of nitrogens with zero attached hydrogens (tertiary/aromatic N) is 2. The van der Waals surface area contributed by atoms with Gasteiger partial charge in [-0.1, -0.05) is 0 Å². The Kier molecular flexibility index (Phi) is 4.20. The van der Waals surface area contributed by atoms with Gasteiger partial charge in [-0.25, -0.2) is 14.4 Å². The van der Waals surface area contributed by atoms with Crippen molar-refractivity contribution < 1.29 is 23.9 Å². The summed E-state index contributed by atoms with van der Waals surface area (Å²) in [5.41, 5.74) is -1.86. The summed E-state index contributed by atoms with van der Waals surface area (Å²) in [6, 6.07) is -2.82. The van der Waals surface area contributed by atoms with Crippen LogP contribution in [0.5, 0.6) is 0 Å². The van der Waals surface area contributed by atoms with E-state index >= 15 is 0 Å². The molecule has 2 unspecified atom stereocenters. The lowest BCUT2D eigenvalue weighted by molar-refractivity contribution is -0.150. The SMILES string of the molecule is COC(=O)C1Nc2[nH]c(=O)n(C)c(=O)c2N(C=O)C1C(=O)OC. The number of carbonyl (C=O) groups is 3. The van der Waals surface area contributed by atoms with E-state index < -0.39 is 35.3 Å². The summed E-state index contributed by atoms with van der Waals surface area (Å²) in [6.07, 6.45) is 0.205. The molecule has 124 valence electrons. The van der Waals surface area contributed by atoms with Crippen molar-refractivity contribution >= 4 is 29.9 Å². The highest BCUT2D eigenvalue weighted by atomic mass is 16.5. The molecule has 1 aromatic rings. The minimum absolute atomic E-state index is 0.166. The van der Waals surface area contributed by atoms with Crippen LogP contribution in [-0.2, 0) is 30.9 Å². The number of anilines is 2. The number of hydrogen-bond donors (Lipinski definition) is 2. The molecule has 0 aromatic carbocycles. The second kappa shape index (κ2) is 5.94. The Morgan fingerprint density at radius 3 is 2.30 bits per heavy atom. The van der Waals surface area contributed by atoms with Crippen molar-refractivity contribution in [3.05, 3.63) is 20.8 Å². The standard InChI is InChI=1S/C12H14N4O7/c1-15-9(18)7-8(14-12(15)21)13-5(10(19)22-2)6(11(20)23-3)16(7)4-17/h4-6,13H,1-3H3,(H,14,21). The third kappa shape index (κ3) is 2.45. The van der Waals surface area contributed by atoms with E-state index in [-0.39, 0.29) is 17.9 Å². The second-order valence-corrected chi connectivity index (χ2v) is 4.64. The van der Waals surface area contributed by atoms with E-state index in [0.29, 0.717) is 0 Å². The molecule has 0 aliphatic carbocycles. The van der Waals surface area contributed by atoms with Crippen molar-refractivity contribution in [2.45, 2.75) is 12.1 Å². The number of fused-ring (bicyclic) bond motifs is 1. The van der Waals surface area contributed by atoms with E-state index in [2.05, 4.69) is 19.8 Å². The third-order valence-electron chi connectivity index (χ3n) is 3.47. The number of aromatic nitrogens is 2. The van der Waals surface area contributed by atoms with Gasteiger partial charge in [0.25, 0.3) is 5.56 Å². The number of carbonyl (C=O) groups excluding carboxylic acids is 3. The van der Waals surface area contributed by atoms with Gasteiger partial charge < -0.3 is 14.8 Å². The molecule has 2 N–H and O–H groups in total. The first kappa shape index (κ1) is 16.3. The molecule has 1 aliphatic heterocycles. The molecule has 1 amide bonds. The lowest BCUT2D eigenvalue weighted by atomic mass is 10.0. The van der Waals surface area contributed by atoms with Crippen LogP contribution in [0.15, 0.2) is 9.59 Å². The molecular formula is C12H14N4O7. The fourth-order valence-electron chi connectivity index (χ4n) is 2.29. The number of rotatable bonds is 3. The van der Waals surface area contributed by atoms with Gasteiger partial charge in [-0.15, -0.1) is 0 Å². The average molecular weight is 326 g/mol. The number of ether oxygens (including phenoxy) is 2. The molecule has 1 aliphatic rings. The number of methoxy groups -OCH3 is 2. The summed E-state index contributed by atoms with van der Waals surface area (Å²) in [7, 11) is 3.36. The van der Waals surface area contributed by atoms with E-state index in [1.165, 1.54) is 7.05 Å². The van der Waals surface area contributed by atoms with Crippen molar-refractivity contribution in [3.8, 4) is 0 Å². The van der Waals surface area contributed by atoms with Crippen LogP contribution < -0.4 is 21.5 Å². The molecular weight excluding hydrogens is 312 g/mol. The van der Waals surface area contributed by atoms with Crippen LogP contribution in [0, 0.1) is 0 Å². The van der Waals surface area contributed by atoms with E-state index in [0.717, 1.165) is 23.7 Å². The Morgan fingerprint density at radius 1 is 1.17 bits per heavy atom. The van der Waals surface area contributed by atoms with Gasteiger partial charge in [0.1, 0.15) is 5.82 Å². The minimum atomic E-state index is -1.46. The topological polar surface area (TPSA) is 140 Å². The zero-order valence-electron chi connectivity index (χ0n) is 12.5. The summed E-state index contributed by atoms with van der Waals surface area (Å²) >= 11 is 0. The summed E-state index contributed by atoms with van der Waals surface area (Å²) < 4.78 is 9.89. The molecule has 0 radical (unpaired) electrons. The van der Waals surface area contributed by atoms with Gasteiger partial charge in [-0.3, -0.25) is 24.0 Å². The molecule has 11 nitrogen and oxygen atoms in total. The van der Waals surface area contributed by atoms with Crippen LogP contribution in [0.2, 0.25) is 0 Å². The minimum Gasteiger partial charge on any atom is -0.467 e. The van der Waals surface area contributed by atoms with Gasteiger partial charge in [0.2, 0.25) is 6.41 Å². The van der Waals surface area contributed by atoms with Crippen molar-refractivity contribution in [3.63, 3.8) is 0 Å². The number of aromatic amines is 1. The third-order valence-corrected chi connectivity index (χ3v) is 3.47. The van der Waals surface area contributed by atoms with Crippen LogP contribution in [0.4, 0.5) is 11.5 Å². The van der Waals surface area contributed by atoms with Gasteiger partial charge in [-0.2, -0.15) is 0 Å². The van der Waals surface area contributed by atoms with Crippen molar-refractivity contribution in [2.75, 3.05) is 24.4 Å². The zero-order chi connectivity index (χ0) is 17.3. The highest BCUT2D eigenvalue weighted by Gasteiger charge is 2.46. The molecule has 23 heavy (non-hydrogen) atoms. The zero-order valence-corrected chi connectivity index (χ0v) is 12.5. The molecule has 0 saturated heterocycles. The van der Waals surface area contributed by atoms with Crippen LogP contribution in [-0.4, -0.2) is 54.2 Å². The molecule has 2 atom stereocenters. The predicted molar refractivity (Wildman–Crippen MR) is 76.1 cm³/mol. The number of nitrogens with one attached hydrogen (secondary N) is 2. The van der Waals surface area contributed by atoms with Gasteiger partial charge in [-0.05, 0) is 0 Å². The first-order chi connectivity index (χ1) is 10.9. The maximum atomic E-state index is 12.2. The summed E-state index contributed by atoms with van der Waals surface area (Å²) in [5.74, 6) is -1.97. The largest absolute Gasteiger partial charge is 0.467 e. The Bertz CT molecular complexity index is 781. The maximum absolute atomic E-state index is 12.2. The fourth-order valence-corrected chi connectivity index (χ4v) is 2.29. The van der Waals surface area contributed by atoms with Gasteiger partial charge in [0.15, 0.2) is 17.8 Å². The Hall–Kier alpha value is -3.11. The molecule has 2 rings (SSSR count). The highest BCUT2D eigenvalue weighted by molar-refractivity contribution is 6.00. The first-order valence-electron chi connectivity index (χ1n) is 6.36. The van der Waals surface area contributed by atoms with Crippen LogP contribution in [0.3, 0.4) is 0 Å². The Labute approximate surface area is 128 Å². The monoisotopic (exact) mass is 326 g/mol. The number of esters is 2. The van der Waals surface area contributed by atoms with E-state index in [4.69, 9.17) is 0 Å². The van der Waals surface area contributed by atoms with Crippen LogP contribution >= 0.6 is 0 Å². The number of hydrogen-bond acceptors (Lipinski definition) is 8. The number of H-pyrrole nitrogens is 1. The molecule has 0 fully saturated rings. The number of amides is 1. The molecule has 2 heterocycles. The van der Waals surface area contributed by atoms with Gasteiger partial charge in [0, 0.05) is 7.05 Å². The van der Waals surface area contributed by atoms with Gasteiger partial charge >= 0.3 is 17.6 Å². The second-order valence-electron chi connectivity index (χ2n) is 4.64. The molecule has 11 heteroatoms. The summed E-state index contributed by atoms with van der Waals surface area (Å²) in [6.45, 7) is 0. The maximum Gasteiger partial charge on any atom is 0.331 e. The van der Waals surface area contributed by atoms with E-state index in [9.17, 15) is 24.0 Å². The lowest BCUT2D eigenvalue weighted by Gasteiger charge is -2.36. The highest BCUT2D eigenvalue weighted by Crippen LogP contribution is 2.28. The van der Waals surface area contributed by atoms with Crippen LogP contribution in [0.1, 0.15) is 0 Å². The normalized spacial score (nSPS) is 19.3. The predicted octanol–water partition coefficient (Wildman–Crippen LogP) is -2.45. The average Bonchev–Trinajstić information content (AvgIpc) is 2.56. The first-order valence-corrected chi connectivity index (χ1v) is 6.36. The van der Waals surface area contributed by atoms with Crippen LogP contribution in [0.25, 0.3) is 0 Å². The molecule has 1 aromatic heterocycles. The van der Waals surface area contributed by atoms with Gasteiger partial charge in [0.05, 0.1) is 14.2 Å².